The van der Waals surface area contributed by atoms with Crippen LogP contribution in [0.3, 0.4) is 0 Å². The van der Waals surface area contributed by atoms with Crippen molar-refractivity contribution in [3.8, 4) is 17.2 Å². The van der Waals surface area contributed by atoms with Crippen LogP contribution in [0.15, 0.2) is 66.9 Å². The van der Waals surface area contributed by atoms with E-state index in [1.165, 1.54) is 0 Å². The Morgan fingerprint density at radius 1 is 1.00 bits per heavy atom. The number of ether oxygens (including phenoxy) is 1. The first-order chi connectivity index (χ1) is 13.2. The maximum Gasteiger partial charge on any atom is 0.342 e. The van der Waals surface area contributed by atoms with Crippen LogP contribution in [-0.2, 0) is 4.74 Å². The number of nitrogens with zero attached hydrogens (tertiary/aromatic N) is 3. The lowest BCUT2D eigenvalue weighted by atomic mass is 10.0. The molecular formula is C22H19N3O2. The van der Waals surface area contributed by atoms with Gasteiger partial charge in [-0.1, -0.05) is 48.5 Å². The molecule has 134 valence electrons. The van der Waals surface area contributed by atoms with E-state index in [1.807, 2.05) is 78.4 Å². The fourth-order valence-electron chi connectivity index (χ4n) is 3.18. The Morgan fingerprint density at radius 3 is 2.52 bits per heavy atom. The third-order valence-corrected chi connectivity index (χ3v) is 4.42. The molecule has 0 aliphatic carbocycles. The molecule has 0 unspecified atom stereocenters. The van der Waals surface area contributed by atoms with Crippen molar-refractivity contribution in [1.29, 1.82) is 0 Å². The number of aryl methyl sites for hydroxylation is 1. The van der Waals surface area contributed by atoms with Crippen LogP contribution in [0.4, 0.5) is 0 Å². The first-order valence-corrected chi connectivity index (χ1v) is 8.86. The number of para-hydroxylation sites is 1. The van der Waals surface area contributed by atoms with E-state index < -0.39 is 5.97 Å². The average molecular weight is 357 g/mol. The quantitative estimate of drug-likeness (QED) is 0.502. The van der Waals surface area contributed by atoms with Gasteiger partial charge in [-0.2, -0.15) is 0 Å². The molecule has 0 N–H and O–H groups in total. The monoisotopic (exact) mass is 357 g/mol. The minimum absolute atomic E-state index is 0.302. The predicted octanol–water partition coefficient (Wildman–Crippen LogP) is 4.57. The number of carbonyl (C=O) groups excluding carboxylic acids is 1. The summed E-state index contributed by atoms with van der Waals surface area (Å²) in [5, 5.41) is 1.11. The maximum atomic E-state index is 12.6. The summed E-state index contributed by atoms with van der Waals surface area (Å²) in [5.74, 6) is 0.123. The first-order valence-electron chi connectivity index (χ1n) is 8.86. The molecule has 4 rings (SSSR count). The Hall–Kier alpha value is -3.47. The van der Waals surface area contributed by atoms with Gasteiger partial charge in [0.05, 0.1) is 23.5 Å². The molecule has 0 amide bonds. The first kappa shape index (κ1) is 17.0. The third-order valence-electron chi connectivity index (χ3n) is 4.42. The lowest BCUT2D eigenvalue weighted by Crippen LogP contribution is -2.14. The van der Waals surface area contributed by atoms with Crippen molar-refractivity contribution >= 4 is 16.9 Å². The Kier molecular flexibility index (Phi) is 4.42. The van der Waals surface area contributed by atoms with Crippen molar-refractivity contribution in [1.82, 2.24) is 14.5 Å². The topological polar surface area (TPSA) is 57.0 Å². The van der Waals surface area contributed by atoms with Gasteiger partial charge in [-0.3, -0.25) is 4.57 Å². The molecule has 5 heteroatoms. The maximum absolute atomic E-state index is 12.6. The van der Waals surface area contributed by atoms with Crippen LogP contribution < -0.4 is 0 Å². The molecule has 0 radical (unpaired) electrons. The SMILES string of the molecule is CCOC(=O)c1c(C)nc(-n2ccc3ccccc32)nc1-c1ccccc1. The molecule has 0 saturated heterocycles. The van der Waals surface area contributed by atoms with Crippen molar-refractivity contribution < 1.29 is 9.53 Å². The van der Waals surface area contributed by atoms with E-state index in [2.05, 4.69) is 4.98 Å². The van der Waals surface area contributed by atoms with Crippen molar-refractivity contribution in [3.05, 3.63) is 78.1 Å². The predicted molar refractivity (Wildman–Crippen MR) is 105 cm³/mol. The summed E-state index contributed by atoms with van der Waals surface area (Å²) in [5.41, 5.74) is 3.44. The number of aromatic nitrogens is 3. The second-order valence-electron chi connectivity index (χ2n) is 6.16. The highest BCUT2D eigenvalue weighted by molar-refractivity contribution is 5.97. The molecule has 4 aromatic rings. The van der Waals surface area contributed by atoms with Crippen molar-refractivity contribution in [2.24, 2.45) is 0 Å². The van der Waals surface area contributed by atoms with Gasteiger partial charge in [0, 0.05) is 17.1 Å². The van der Waals surface area contributed by atoms with Gasteiger partial charge < -0.3 is 4.74 Å². The van der Waals surface area contributed by atoms with E-state index in [-0.39, 0.29) is 0 Å². The summed E-state index contributed by atoms with van der Waals surface area (Å²) in [6, 6.07) is 19.7. The molecule has 0 bridgehead atoms. The Bertz CT molecular complexity index is 1120. The summed E-state index contributed by atoms with van der Waals surface area (Å²) >= 11 is 0. The zero-order valence-electron chi connectivity index (χ0n) is 15.2. The zero-order valence-corrected chi connectivity index (χ0v) is 15.2. The number of benzene rings is 2. The van der Waals surface area contributed by atoms with E-state index in [9.17, 15) is 4.79 Å². The number of rotatable bonds is 4. The van der Waals surface area contributed by atoms with E-state index in [1.54, 1.807) is 6.92 Å². The molecular weight excluding hydrogens is 338 g/mol. The molecule has 2 heterocycles. The van der Waals surface area contributed by atoms with Gasteiger partial charge in [0.2, 0.25) is 5.95 Å². The summed E-state index contributed by atoms with van der Waals surface area (Å²) in [6.07, 6.45) is 1.94. The molecule has 2 aromatic heterocycles. The van der Waals surface area contributed by atoms with Crippen molar-refractivity contribution in [3.63, 3.8) is 0 Å². The van der Waals surface area contributed by atoms with Gasteiger partial charge in [-0.25, -0.2) is 14.8 Å². The van der Waals surface area contributed by atoms with Crippen LogP contribution in [0.1, 0.15) is 23.0 Å². The Labute approximate surface area is 157 Å². The van der Waals surface area contributed by atoms with Crippen LogP contribution in [0.25, 0.3) is 28.1 Å². The van der Waals surface area contributed by atoms with E-state index in [0.717, 1.165) is 16.5 Å². The lowest BCUT2D eigenvalue weighted by molar-refractivity contribution is 0.0525. The number of fused-ring (bicyclic) bond motifs is 1. The minimum atomic E-state index is -0.405. The Balaban J connectivity index is 1.95. The summed E-state index contributed by atoms with van der Waals surface area (Å²) < 4.78 is 7.18. The molecule has 0 spiro atoms. The third kappa shape index (κ3) is 3.08. The second-order valence-corrected chi connectivity index (χ2v) is 6.16. The smallest absolute Gasteiger partial charge is 0.342 e. The van der Waals surface area contributed by atoms with E-state index >= 15 is 0 Å². The molecule has 0 saturated carbocycles. The van der Waals surface area contributed by atoms with Crippen LogP contribution in [0.5, 0.6) is 0 Å². The molecule has 0 atom stereocenters. The summed E-state index contributed by atoms with van der Waals surface area (Å²) in [6.45, 7) is 3.91. The normalized spacial score (nSPS) is 10.9. The highest BCUT2D eigenvalue weighted by atomic mass is 16.5. The number of esters is 1. The largest absolute Gasteiger partial charge is 0.462 e. The van der Waals surface area contributed by atoms with Crippen LogP contribution >= 0.6 is 0 Å². The fraction of sp³-hybridized carbons (Fsp3) is 0.136. The molecule has 5 nitrogen and oxygen atoms in total. The van der Waals surface area contributed by atoms with Gasteiger partial charge in [0.25, 0.3) is 0 Å². The lowest BCUT2D eigenvalue weighted by Gasteiger charge is -2.13. The molecule has 0 aliphatic heterocycles. The summed E-state index contributed by atoms with van der Waals surface area (Å²) in [7, 11) is 0. The standard InChI is InChI=1S/C22H19N3O2/c1-3-27-21(26)19-15(2)23-22(24-20(19)17-10-5-4-6-11-17)25-14-13-16-9-7-8-12-18(16)25/h4-14H,3H2,1-2H3. The highest BCUT2D eigenvalue weighted by Crippen LogP contribution is 2.27. The van der Waals surface area contributed by atoms with Crippen molar-refractivity contribution in [2.75, 3.05) is 6.61 Å². The van der Waals surface area contributed by atoms with Gasteiger partial charge >= 0.3 is 5.97 Å². The highest BCUT2D eigenvalue weighted by Gasteiger charge is 2.21. The average Bonchev–Trinajstić information content (AvgIpc) is 3.12. The van der Waals surface area contributed by atoms with E-state index in [0.29, 0.717) is 29.5 Å². The molecule has 0 aliphatic rings. The zero-order chi connectivity index (χ0) is 18.8. The van der Waals surface area contributed by atoms with Crippen LogP contribution in [0.2, 0.25) is 0 Å². The number of carbonyl (C=O) groups is 1. The van der Waals surface area contributed by atoms with Gasteiger partial charge in [0.1, 0.15) is 5.56 Å². The van der Waals surface area contributed by atoms with Gasteiger partial charge in [-0.15, -0.1) is 0 Å². The summed E-state index contributed by atoms with van der Waals surface area (Å²) in [4.78, 5) is 21.9. The second kappa shape index (κ2) is 7.03. The van der Waals surface area contributed by atoms with Gasteiger partial charge in [-0.05, 0) is 26.0 Å². The number of hydrogen-bond donors (Lipinski definition) is 0. The molecule has 0 fully saturated rings. The van der Waals surface area contributed by atoms with Gasteiger partial charge in [0.15, 0.2) is 0 Å². The van der Waals surface area contributed by atoms with Crippen LogP contribution in [0, 0.1) is 6.92 Å². The fourth-order valence-corrected chi connectivity index (χ4v) is 3.18. The Morgan fingerprint density at radius 2 is 1.74 bits per heavy atom. The van der Waals surface area contributed by atoms with Crippen molar-refractivity contribution in [2.45, 2.75) is 13.8 Å². The minimum Gasteiger partial charge on any atom is -0.462 e. The van der Waals surface area contributed by atoms with Crippen LogP contribution in [-0.4, -0.2) is 27.1 Å². The van der Waals surface area contributed by atoms with E-state index in [4.69, 9.17) is 9.72 Å². The molecule has 27 heavy (non-hydrogen) atoms. The number of hydrogen-bond acceptors (Lipinski definition) is 4. The molecule has 2 aromatic carbocycles.